The standard InChI is InChI=1S/C19H27NO/c1-4-8-16-9-7-10-17-14-20(12-11-19(16)17)15-18(6-3)21-13-5-2/h5-7,9-10,13H,4,8,11-12,14-15H2,1-3H3/b13-5-,18-6-. The van der Waals surface area contributed by atoms with Crippen LogP contribution >= 0.6 is 0 Å². The fourth-order valence-electron chi connectivity index (χ4n) is 2.96. The third kappa shape index (κ3) is 4.21. The van der Waals surface area contributed by atoms with Gasteiger partial charge in [-0.3, -0.25) is 4.90 Å². The predicted molar refractivity (Wildman–Crippen MR) is 89.1 cm³/mol. The average Bonchev–Trinajstić information content (AvgIpc) is 2.51. The van der Waals surface area contributed by atoms with Crippen molar-refractivity contribution in [3.05, 3.63) is 59.1 Å². The molecule has 0 bridgehead atoms. The van der Waals surface area contributed by atoms with E-state index in [1.807, 2.05) is 19.9 Å². The van der Waals surface area contributed by atoms with Crippen molar-refractivity contribution >= 4 is 0 Å². The van der Waals surface area contributed by atoms with Crippen LogP contribution in [0.4, 0.5) is 0 Å². The highest BCUT2D eigenvalue weighted by Gasteiger charge is 2.19. The van der Waals surface area contributed by atoms with E-state index in [0.717, 1.165) is 31.8 Å². The molecule has 2 heteroatoms. The van der Waals surface area contributed by atoms with Crippen LogP contribution in [0.1, 0.15) is 43.9 Å². The summed E-state index contributed by atoms with van der Waals surface area (Å²) in [5, 5.41) is 0. The Bertz CT molecular complexity index is 516. The number of rotatable bonds is 6. The van der Waals surface area contributed by atoms with Gasteiger partial charge in [0, 0.05) is 13.1 Å². The Kier molecular flexibility index (Phi) is 6.06. The molecule has 0 N–H and O–H groups in total. The van der Waals surface area contributed by atoms with Gasteiger partial charge in [0.15, 0.2) is 0 Å². The molecule has 0 amide bonds. The number of nitrogens with zero attached hydrogens (tertiary/aromatic N) is 1. The first-order valence-electron chi connectivity index (χ1n) is 8.03. The van der Waals surface area contributed by atoms with Gasteiger partial charge < -0.3 is 4.74 Å². The molecule has 1 aliphatic rings. The van der Waals surface area contributed by atoms with Crippen molar-refractivity contribution in [1.82, 2.24) is 4.90 Å². The number of hydrogen-bond acceptors (Lipinski definition) is 2. The van der Waals surface area contributed by atoms with Crippen LogP contribution in [0.2, 0.25) is 0 Å². The number of ether oxygens (including phenoxy) is 1. The number of aryl methyl sites for hydroxylation is 1. The molecule has 2 nitrogen and oxygen atoms in total. The molecule has 2 rings (SSSR count). The van der Waals surface area contributed by atoms with Crippen molar-refractivity contribution in [1.29, 1.82) is 0 Å². The van der Waals surface area contributed by atoms with Gasteiger partial charge >= 0.3 is 0 Å². The molecule has 0 aliphatic carbocycles. The molecule has 0 radical (unpaired) electrons. The SMILES string of the molecule is C/C=C\O/C(=C\C)CN1CCc2c(CCC)cccc2C1. The van der Waals surface area contributed by atoms with Crippen molar-refractivity contribution in [3.63, 3.8) is 0 Å². The van der Waals surface area contributed by atoms with Crippen molar-refractivity contribution in [2.45, 2.75) is 46.6 Å². The highest BCUT2D eigenvalue weighted by Crippen LogP contribution is 2.24. The fourth-order valence-corrected chi connectivity index (χ4v) is 2.96. The first-order chi connectivity index (χ1) is 10.3. The predicted octanol–water partition coefficient (Wildman–Crippen LogP) is 4.45. The van der Waals surface area contributed by atoms with Gasteiger partial charge in [0.25, 0.3) is 0 Å². The van der Waals surface area contributed by atoms with Gasteiger partial charge in [0.05, 0.1) is 12.8 Å². The first-order valence-corrected chi connectivity index (χ1v) is 8.03. The number of benzene rings is 1. The molecule has 1 aromatic rings. The first kappa shape index (κ1) is 15.8. The molecular weight excluding hydrogens is 258 g/mol. The highest BCUT2D eigenvalue weighted by atomic mass is 16.5. The third-order valence-corrected chi connectivity index (χ3v) is 4.02. The van der Waals surface area contributed by atoms with E-state index < -0.39 is 0 Å². The van der Waals surface area contributed by atoms with Gasteiger partial charge in [0.1, 0.15) is 5.76 Å². The van der Waals surface area contributed by atoms with E-state index in [2.05, 4.69) is 36.1 Å². The second kappa shape index (κ2) is 8.04. The number of hydrogen-bond donors (Lipinski definition) is 0. The highest BCUT2D eigenvalue weighted by molar-refractivity contribution is 5.37. The Morgan fingerprint density at radius 3 is 2.90 bits per heavy atom. The Hall–Kier alpha value is -1.54. The molecule has 1 aromatic carbocycles. The summed E-state index contributed by atoms with van der Waals surface area (Å²) in [5.41, 5.74) is 4.63. The molecule has 1 aliphatic heterocycles. The summed E-state index contributed by atoms with van der Waals surface area (Å²) in [6.07, 6.45) is 9.32. The molecule has 0 spiro atoms. The minimum atomic E-state index is 0.887. The van der Waals surface area contributed by atoms with Crippen molar-refractivity contribution in [2.75, 3.05) is 13.1 Å². The Balaban J connectivity index is 2.04. The minimum Gasteiger partial charge on any atom is -0.469 e. The maximum absolute atomic E-state index is 5.63. The lowest BCUT2D eigenvalue weighted by Crippen LogP contribution is -2.33. The fraction of sp³-hybridized carbons (Fsp3) is 0.474. The lowest BCUT2D eigenvalue weighted by molar-refractivity contribution is 0.221. The van der Waals surface area contributed by atoms with E-state index in [-0.39, 0.29) is 0 Å². The molecular formula is C19H27NO. The second-order valence-corrected chi connectivity index (χ2v) is 5.61. The monoisotopic (exact) mass is 285 g/mol. The van der Waals surface area contributed by atoms with Crippen LogP contribution in [-0.4, -0.2) is 18.0 Å². The van der Waals surface area contributed by atoms with E-state index in [1.165, 1.54) is 18.4 Å². The molecule has 114 valence electrons. The second-order valence-electron chi connectivity index (χ2n) is 5.61. The molecule has 0 saturated carbocycles. The maximum Gasteiger partial charge on any atom is 0.113 e. The summed E-state index contributed by atoms with van der Waals surface area (Å²) in [6, 6.07) is 6.79. The number of fused-ring (bicyclic) bond motifs is 1. The van der Waals surface area contributed by atoms with Crippen molar-refractivity contribution in [3.8, 4) is 0 Å². The van der Waals surface area contributed by atoms with Crippen LogP contribution in [0.5, 0.6) is 0 Å². The van der Waals surface area contributed by atoms with Gasteiger partial charge in [-0.2, -0.15) is 0 Å². The van der Waals surface area contributed by atoms with Crippen LogP contribution in [0.25, 0.3) is 0 Å². The zero-order chi connectivity index (χ0) is 15.1. The van der Waals surface area contributed by atoms with E-state index in [1.54, 1.807) is 17.4 Å². The van der Waals surface area contributed by atoms with E-state index >= 15 is 0 Å². The Morgan fingerprint density at radius 2 is 2.19 bits per heavy atom. The summed E-state index contributed by atoms with van der Waals surface area (Å²) in [7, 11) is 0. The van der Waals surface area contributed by atoms with Crippen LogP contribution in [-0.2, 0) is 24.1 Å². The summed E-state index contributed by atoms with van der Waals surface area (Å²) in [4.78, 5) is 2.47. The van der Waals surface area contributed by atoms with Gasteiger partial charge in [-0.15, -0.1) is 0 Å². The van der Waals surface area contributed by atoms with E-state index in [0.29, 0.717) is 0 Å². The quantitative estimate of drug-likeness (QED) is 0.716. The molecule has 0 fully saturated rings. The van der Waals surface area contributed by atoms with E-state index in [9.17, 15) is 0 Å². The Labute approximate surface area is 129 Å². The van der Waals surface area contributed by atoms with Gasteiger partial charge in [-0.05, 0) is 49.5 Å². The molecule has 1 heterocycles. The van der Waals surface area contributed by atoms with Crippen molar-refractivity contribution in [2.24, 2.45) is 0 Å². The lowest BCUT2D eigenvalue weighted by atomic mass is 9.92. The van der Waals surface area contributed by atoms with Crippen LogP contribution in [0.3, 0.4) is 0 Å². The topological polar surface area (TPSA) is 12.5 Å². The average molecular weight is 285 g/mol. The molecule has 0 aromatic heterocycles. The maximum atomic E-state index is 5.63. The molecule has 0 saturated heterocycles. The molecule has 0 unspecified atom stereocenters. The van der Waals surface area contributed by atoms with Crippen LogP contribution in [0, 0.1) is 0 Å². The lowest BCUT2D eigenvalue weighted by Gasteiger charge is -2.30. The summed E-state index contributed by atoms with van der Waals surface area (Å²) in [6.45, 7) is 9.30. The van der Waals surface area contributed by atoms with Crippen LogP contribution in [0.15, 0.2) is 42.4 Å². The third-order valence-electron chi connectivity index (χ3n) is 4.02. The van der Waals surface area contributed by atoms with Gasteiger partial charge in [-0.25, -0.2) is 0 Å². The normalized spacial score (nSPS) is 16.2. The summed E-state index contributed by atoms with van der Waals surface area (Å²) < 4.78 is 5.63. The zero-order valence-electron chi connectivity index (χ0n) is 13.6. The van der Waals surface area contributed by atoms with Gasteiger partial charge in [0.2, 0.25) is 0 Å². The number of allylic oxidation sites excluding steroid dienone is 2. The summed E-state index contributed by atoms with van der Waals surface area (Å²) >= 11 is 0. The minimum absolute atomic E-state index is 0.887. The van der Waals surface area contributed by atoms with Crippen molar-refractivity contribution < 1.29 is 4.74 Å². The summed E-state index contributed by atoms with van der Waals surface area (Å²) in [5.74, 6) is 1.03. The van der Waals surface area contributed by atoms with Gasteiger partial charge in [-0.1, -0.05) is 37.6 Å². The van der Waals surface area contributed by atoms with Crippen LogP contribution < -0.4 is 0 Å². The molecule has 0 atom stereocenters. The molecule has 21 heavy (non-hydrogen) atoms. The largest absolute Gasteiger partial charge is 0.469 e. The van der Waals surface area contributed by atoms with E-state index in [4.69, 9.17) is 4.74 Å². The Morgan fingerprint density at radius 1 is 1.33 bits per heavy atom. The zero-order valence-corrected chi connectivity index (χ0v) is 13.6. The smallest absolute Gasteiger partial charge is 0.113 e.